The van der Waals surface area contributed by atoms with Gasteiger partial charge >= 0.3 is 6.03 Å². The Balaban J connectivity index is 1.95. The van der Waals surface area contributed by atoms with Crippen LogP contribution in [0.4, 0.5) is 30.6 Å². The van der Waals surface area contributed by atoms with Crippen LogP contribution in [0.1, 0.15) is 51.9 Å². The van der Waals surface area contributed by atoms with Crippen LogP contribution in [0.5, 0.6) is 0 Å². The first-order valence-electron chi connectivity index (χ1n) is 11.3. The number of carbonyl (C=O) groups excluding carboxylic acids is 1. The van der Waals surface area contributed by atoms with Crippen molar-refractivity contribution in [3.05, 3.63) is 59.4 Å². The molecule has 0 bridgehead atoms. The van der Waals surface area contributed by atoms with E-state index in [4.69, 9.17) is 0 Å². The molecular weight excluding hydrogens is 440 g/mol. The van der Waals surface area contributed by atoms with Crippen LogP contribution in [0.2, 0.25) is 0 Å². The van der Waals surface area contributed by atoms with Gasteiger partial charge in [0.25, 0.3) is 0 Å². The van der Waals surface area contributed by atoms with Gasteiger partial charge in [0.05, 0.1) is 17.1 Å². The van der Waals surface area contributed by atoms with E-state index in [1.165, 1.54) is 6.07 Å². The number of tetrazole rings is 1. The molecule has 0 aliphatic rings. The predicted molar refractivity (Wildman–Crippen MR) is 129 cm³/mol. The van der Waals surface area contributed by atoms with Gasteiger partial charge < -0.3 is 15.5 Å². The van der Waals surface area contributed by atoms with Crippen LogP contribution in [0.25, 0.3) is 0 Å². The zero-order valence-corrected chi connectivity index (χ0v) is 20.1. The van der Waals surface area contributed by atoms with Gasteiger partial charge in [-0.15, -0.1) is 5.10 Å². The number of carbonyl (C=O) groups is 1. The maximum Gasteiger partial charge on any atom is 0.323 e. The molecule has 1 heterocycles. The average Bonchev–Trinajstić information content (AvgIpc) is 3.29. The lowest BCUT2D eigenvalue weighted by molar-refractivity contribution is 0.262. The summed E-state index contributed by atoms with van der Waals surface area (Å²) in [7, 11) is 0. The first kappa shape index (κ1) is 25.1. The van der Waals surface area contributed by atoms with Gasteiger partial charge in [0, 0.05) is 25.1 Å². The summed E-state index contributed by atoms with van der Waals surface area (Å²) in [4.78, 5) is 15.0. The average molecular weight is 472 g/mol. The number of anilines is 3. The fourth-order valence-electron chi connectivity index (χ4n) is 3.73. The third-order valence-corrected chi connectivity index (χ3v) is 5.23. The largest absolute Gasteiger partial charge is 0.369 e. The summed E-state index contributed by atoms with van der Waals surface area (Å²) < 4.78 is 27.3. The number of urea groups is 1. The van der Waals surface area contributed by atoms with Crippen LogP contribution in [-0.2, 0) is 0 Å². The minimum Gasteiger partial charge on any atom is -0.369 e. The highest BCUT2D eigenvalue weighted by molar-refractivity contribution is 6.02. The van der Waals surface area contributed by atoms with E-state index < -0.39 is 17.7 Å². The molecule has 10 heteroatoms. The Hall–Kier alpha value is -3.56. The van der Waals surface area contributed by atoms with E-state index in [1.54, 1.807) is 0 Å². The Morgan fingerprint density at radius 3 is 2.24 bits per heavy atom. The molecule has 0 spiro atoms. The lowest BCUT2D eigenvalue weighted by atomic mass is 9.98. The molecule has 0 aliphatic carbocycles. The number of benzene rings is 2. The van der Waals surface area contributed by atoms with Crippen molar-refractivity contribution >= 4 is 23.1 Å². The molecule has 0 saturated carbocycles. The lowest BCUT2D eigenvalue weighted by Crippen LogP contribution is -2.32. The van der Waals surface area contributed by atoms with Crippen molar-refractivity contribution in [1.82, 2.24) is 20.6 Å². The SMILES string of the molecule is CC(C)CN(CC(C)C)c1ccc(C(C)c2nnn[nH]2)cc1NC(=O)Nc1ccc(F)cc1F. The summed E-state index contributed by atoms with van der Waals surface area (Å²) in [5.41, 5.74) is 2.19. The monoisotopic (exact) mass is 471 g/mol. The Labute approximate surface area is 198 Å². The van der Waals surface area contributed by atoms with Crippen LogP contribution in [0, 0.1) is 23.5 Å². The minimum absolute atomic E-state index is 0.112. The number of halogens is 2. The molecule has 34 heavy (non-hydrogen) atoms. The van der Waals surface area contributed by atoms with Gasteiger partial charge in [-0.2, -0.15) is 0 Å². The molecule has 0 aliphatic heterocycles. The van der Waals surface area contributed by atoms with Crippen LogP contribution < -0.4 is 15.5 Å². The molecular formula is C24H31F2N7O. The van der Waals surface area contributed by atoms with E-state index in [2.05, 4.69) is 63.9 Å². The number of hydrogen-bond donors (Lipinski definition) is 3. The van der Waals surface area contributed by atoms with Crippen LogP contribution in [-0.4, -0.2) is 39.7 Å². The molecule has 3 rings (SSSR count). The molecule has 0 radical (unpaired) electrons. The van der Waals surface area contributed by atoms with Crippen molar-refractivity contribution in [3.8, 4) is 0 Å². The normalized spacial score (nSPS) is 12.1. The fraction of sp³-hybridized carbons (Fsp3) is 0.417. The van der Waals surface area contributed by atoms with Gasteiger partial charge in [-0.25, -0.2) is 18.7 Å². The number of hydrogen-bond acceptors (Lipinski definition) is 5. The second-order valence-electron chi connectivity index (χ2n) is 9.18. The molecule has 1 aromatic heterocycles. The predicted octanol–water partition coefficient (Wildman–Crippen LogP) is 5.39. The van der Waals surface area contributed by atoms with E-state index in [0.717, 1.165) is 36.5 Å². The van der Waals surface area contributed by atoms with Crippen molar-refractivity contribution in [1.29, 1.82) is 0 Å². The molecule has 1 unspecified atom stereocenters. The van der Waals surface area contributed by atoms with Gasteiger partial charge in [-0.05, 0) is 52.1 Å². The third-order valence-electron chi connectivity index (χ3n) is 5.23. The number of nitrogens with one attached hydrogen (secondary N) is 3. The molecule has 182 valence electrons. The lowest BCUT2D eigenvalue weighted by Gasteiger charge is -2.31. The van der Waals surface area contributed by atoms with E-state index in [1.807, 2.05) is 25.1 Å². The van der Waals surface area contributed by atoms with Crippen molar-refractivity contribution in [2.45, 2.75) is 40.5 Å². The molecule has 1 atom stereocenters. The number of aromatic nitrogens is 4. The van der Waals surface area contributed by atoms with E-state index in [9.17, 15) is 13.6 Å². The highest BCUT2D eigenvalue weighted by Gasteiger charge is 2.20. The summed E-state index contributed by atoms with van der Waals surface area (Å²) in [6.45, 7) is 12.1. The number of H-pyrrole nitrogens is 1. The Kier molecular flexibility index (Phi) is 8.14. The fourth-order valence-corrected chi connectivity index (χ4v) is 3.73. The van der Waals surface area contributed by atoms with Gasteiger partial charge in [-0.1, -0.05) is 40.7 Å². The molecule has 2 amide bonds. The first-order chi connectivity index (χ1) is 16.1. The Bertz CT molecular complexity index is 1090. The summed E-state index contributed by atoms with van der Waals surface area (Å²) >= 11 is 0. The maximum atomic E-state index is 14.1. The van der Waals surface area contributed by atoms with Crippen molar-refractivity contribution in [2.24, 2.45) is 11.8 Å². The summed E-state index contributed by atoms with van der Waals surface area (Å²) in [6, 6.07) is 8.19. The number of amides is 2. The van der Waals surface area contributed by atoms with E-state index in [-0.39, 0.29) is 11.6 Å². The second kappa shape index (κ2) is 11.0. The highest BCUT2D eigenvalue weighted by Crippen LogP contribution is 2.33. The Morgan fingerprint density at radius 1 is 0.971 bits per heavy atom. The second-order valence-corrected chi connectivity index (χ2v) is 9.18. The van der Waals surface area contributed by atoms with E-state index >= 15 is 0 Å². The first-order valence-corrected chi connectivity index (χ1v) is 11.3. The van der Waals surface area contributed by atoms with Crippen molar-refractivity contribution in [3.63, 3.8) is 0 Å². The standard InChI is InChI=1S/C24H31F2N7O/c1-14(2)12-33(13-15(3)4)22-9-6-17(16(5)23-29-31-32-30-23)10-21(22)28-24(34)27-20-8-7-18(25)11-19(20)26/h6-11,14-16H,12-13H2,1-5H3,(H2,27,28,34)(H,29,30,31,32). The quantitative estimate of drug-likeness (QED) is 0.389. The summed E-state index contributed by atoms with van der Waals surface area (Å²) in [5.74, 6) is -0.326. The summed E-state index contributed by atoms with van der Waals surface area (Å²) in [5, 5.41) is 19.4. The van der Waals surface area contributed by atoms with Gasteiger partial charge in [-0.3, -0.25) is 0 Å². The smallest absolute Gasteiger partial charge is 0.323 e. The summed E-state index contributed by atoms with van der Waals surface area (Å²) in [6.07, 6.45) is 0. The van der Waals surface area contributed by atoms with Crippen molar-refractivity contribution < 1.29 is 13.6 Å². The number of rotatable bonds is 9. The van der Waals surface area contributed by atoms with Crippen LogP contribution in [0.15, 0.2) is 36.4 Å². The zero-order valence-electron chi connectivity index (χ0n) is 20.1. The molecule has 3 aromatic rings. The molecule has 0 fully saturated rings. The van der Waals surface area contributed by atoms with Gasteiger partial charge in [0.15, 0.2) is 5.82 Å². The number of nitrogens with zero attached hydrogens (tertiary/aromatic N) is 4. The maximum absolute atomic E-state index is 14.1. The molecule has 0 saturated heterocycles. The van der Waals surface area contributed by atoms with Crippen LogP contribution >= 0.6 is 0 Å². The zero-order chi connectivity index (χ0) is 24.8. The van der Waals surface area contributed by atoms with Gasteiger partial charge in [0.2, 0.25) is 0 Å². The minimum atomic E-state index is -0.850. The Morgan fingerprint density at radius 2 is 1.65 bits per heavy atom. The number of aromatic amines is 1. The van der Waals surface area contributed by atoms with Crippen LogP contribution in [0.3, 0.4) is 0 Å². The molecule has 3 N–H and O–H groups in total. The highest BCUT2D eigenvalue weighted by atomic mass is 19.1. The van der Waals surface area contributed by atoms with Gasteiger partial charge in [0.1, 0.15) is 11.6 Å². The third kappa shape index (κ3) is 6.49. The van der Waals surface area contributed by atoms with E-state index in [0.29, 0.717) is 23.3 Å². The molecule has 2 aromatic carbocycles. The molecule has 8 nitrogen and oxygen atoms in total. The van der Waals surface area contributed by atoms with Crippen molar-refractivity contribution in [2.75, 3.05) is 28.6 Å². The topological polar surface area (TPSA) is 98.8 Å².